The molecule has 7 atom stereocenters. The predicted molar refractivity (Wildman–Crippen MR) is 123 cm³/mol. The van der Waals surface area contributed by atoms with Crippen molar-refractivity contribution in [2.45, 2.75) is 117 Å². The van der Waals surface area contributed by atoms with Gasteiger partial charge in [0.1, 0.15) is 0 Å². The molecule has 4 aliphatic carbocycles. The molecule has 4 aliphatic rings. The molecular weight excluding hydrogens is 370 g/mol. The van der Waals surface area contributed by atoms with E-state index >= 15 is 0 Å². The average Bonchev–Trinajstić information content (AvgIpc) is 2.97. The smallest absolute Gasteiger partial charge is 0.220 e. The van der Waals surface area contributed by atoms with Crippen LogP contribution in [0.5, 0.6) is 0 Å². The van der Waals surface area contributed by atoms with E-state index in [1.165, 1.54) is 44.9 Å². The summed E-state index contributed by atoms with van der Waals surface area (Å²) in [6.45, 7) is 11.3. The minimum Gasteiger partial charge on any atom is -0.393 e. The number of fused-ring (bicyclic) bond motifs is 5. The van der Waals surface area contributed by atoms with Gasteiger partial charge in [-0.3, -0.25) is 4.79 Å². The van der Waals surface area contributed by atoms with Crippen LogP contribution < -0.4 is 5.32 Å². The molecule has 3 fully saturated rings. The largest absolute Gasteiger partial charge is 0.393 e. The van der Waals surface area contributed by atoms with Crippen LogP contribution >= 0.6 is 0 Å². The van der Waals surface area contributed by atoms with Crippen LogP contribution in [0.15, 0.2) is 11.6 Å². The number of hydrogen-bond acceptors (Lipinski definition) is 2. The Bertz CT molecular complexity index is 691. The molecule has 0 aromatic heterocycles. The normalized spacial score (nSPS) is 43.3. The summed E-state index contributed by atoms with van der Waals surface area (Å²) in [5.41, 5.74) is 2.26. The van der Waals surface area contributed by atoms with E-state index in [9.17, 15) is 9.90 Å². The third-order valence-corrected chi connectivity index (χ3v) is 9.75. The Morgan fingerprint density at radius 1 is 1.13 bits per heavy atom. The average molecular weight is 416 g/mol. The van der Waals surface area contributed by atoms with Gasteiger partial charge in [0, 0.05) is 12.0 Å². The number of amides is 1. The maximum Gasteiger partial charge on any atom is 0.220 e. The van der Waals surface area contributed by atoms with Gasteiger partial charge in [-0.25, -0.2) is 0 Å². The lowest BCUT2D eigenvalue weighted by Gasteiger charge is -2.58. The summed E-state index contributed by atoms with van der Waals surface area (Å²) in [4.78, 5) is 12.2. The van der Waals surface area contributed by atoms with Gasteiger partial charge in [0.2, 0.25) is 5.91 Å². The number of aliphatic hydroxyl groups excluding tert-OH is 1. The summed E-state index contributed by atoms with van der Waals surface area (Å²) in [6, 6.07) is 0. The van der Waals surface area contributed by atoms with Crippen LogP contribution in [0.3, 0.4) is 0 Å². The highest BCUT2D eigenvalue weighted by atomic mass is 16.3. The summed E-state index contributed by atoms with van der Waals surface area (Å²) < 4.78 is 0. The molecular formula is C27H45NO2. The minimum absolute atomic E-state index is 0.110. The fourth-order valence-electron chi connectivity index (χ4n) is 8.21. The van der Waals surface area contributed by atoms with Crippen molar-refractivity contribution in [2.24, 2.45) is 34.5 Å². The Morgan fingerprint density at radius 2 is 1.90 bits per heavy atom. The zero-order valence-corrected chi connectivity index (χ0v) is 20.1. The SMILES string of the molecule is CC(C)(C)NC(=O)CCCC1CCC2C3CC=C4CC(O)CCC4(C)C3CCC12C. The first-order valence-corrected chi connectivity index (χ1v) is 12.7. The van der Waals surface area contributed by atoms with Crippen molar-refractivity contribution in [2.75, 3.05) is 0 Å². The van der Waals surface area contributed by atoms with Gasteiger partial charge < -0.3 is 10.4 Å². The first kappa shape index (κ1) is 22.4. The molecule has 170 valence electrons. The lowest BCUT2D eigenvalue weighted by molar-refractivity contribution is -0.122. The molecule has 3 nitrogen and oxygen atoms in total. The van der Waals surface area contributed by atoms with Gasteiger partial charge >= 0.3 is 0 Å². The molecule has 3 heteroatoms. The highest BCUT2D eigenvalue weighted by Gasteiger charge is 2.58. The molecule has 1 amide bonds. The monoisotopic (exact) mass is 415 g/mol. The minimum atomic E-state index is -0.126. The van der Waals surface area contributed by atoms with Gasteiger partial charge in [-0.1, -0.05) is 25.5 Å². The van der Waals surface area contributed by atoms with Crippen LogP contribution in [-0.2, 0) is 4.79 Å². The van der Waals surface area contributed by atoms with Gasteiger partial charge in [-0.2, -0.15) is 0 Å². The highest BCUT2D eigenvalue weighted by molar-refractivity contribution is 5.76. The Morgan fingerprint density at radius 3 is 2.63 bits per heavy atom. The van der Waals surface area contributed by atoms with E-state index < -0.39 is 0 Å². The van der Waals surface area contributed by atoms with Gasteiger partial charge in [-0.15, -0.1) is 0 Å². The van der Waals surface area contributed by atoms with E-state index in [4.69, 9.17) is 0 Å². The summed E-state index contributed by atoms with van der Waals surface area (Å²) in [5.74, 6) is 3.51. The van der Waals surface area contributed by atoms with E-state index in [0.29, 0.717) is 17.3 Å². The maximum absolute atomic E-state index is 12.2. The second-order valence-corrected chi connectivity index (χ2v) is 12.7. The van der Waals surface area contributed by atoms with Crippen LogP contribution in [0.4, 0.5) is 0 Å². The predicted octanol–water partition coefficient (Wildman–Crippen LogP) is 6.01. The molecule has 0 bridgehead atoms. The van der Waals surface area contributed by atoms with Crippen molar-refractivity contribution in [1.82, 2.24) is 5.32 Å². The topological polar surface area (TPSA) is 49.3 Å². The summed E-state index contributed by atoms with van der Waals surface area (Å²) in [7, 11) is 0. The fraction of sp³-hybridized carbons (Fsp3) is 0.889. The van der Waals surface area contributed by atoms with Gasteiger partial charge in [-0.05, 0) is 119 Å². The van der Waals surface area contributed by atoms with Crippen molar-refractivity contribution in [3.05, 3.63) is 11.6 Å². The standard InChI is InChI=1S/C27H45NO2/c1-25(2,3)28-24(30)8-6-7-18-10-12-22-21-11-9-19-17-20(29)13-15-27(19,5)23(21)14-16-26(18,22)4/h9,18,20-23,29H,6-8,10-17H2,1-5H3,(H,28,30). The van der Waals surface area contributed by atoms with Crippen molar-refractivity contribution in [1.29, 1.82) is 0 Å². The van der Waals surface area contributed by atoms with E-state index in [-0.39, 0.29) is 17.6 Å². The van der Waals surface area contributed by atoms with Crippen molar-refractivity contribution in [3.8, 4) is 0 Å². The molecule has 0 heterocycles. The molecule has 30 heavy (non-hydrogen) atoms. The maximum atomic E-state index is 12.2. The first-order chi connectivity index (χ1) is 14.0. The zero-order chi connectivity index (χ0) is 21.7. The summed E-state index contributed by atoms with van der Waals surface area (Å²) in [5, 5.41) is 13.3. The van der Waals surface area contributed by atoms with Crippen LogP contribution in [-0.4, -0.2) is 22.7 Å². The Hall–Kier alpha value is -0.830. The van der Waals surface area contributed by atoms with Crippen molar-refractivity contribution >= 4 is 5.91 Å². The molecule has 0 aromatic rings. The van der Waals surface area contributed by atoms with E-state index in [1.54, 1.807) is 5.57 Å². The molecule has 7 unspecified atom stereocenters. The van der Waals surface area contributed by atoms with E-state index in [1.807, 2.05) is 0 Å². The van der Waals surface area contributed by atoms with Gasteiger partial charge in [0.05, 0.1) is 6.10 Å². The molecule has 0 saturated heterocycles. The van der Waals surface area contributed by atoms with Gasteiger partial charge in [0.25, 0.3) is 0 Å². The molecule has 2 N–H and O–H groups in total. The second-order valence-electron chi connectivity index (χ2n) is 12.7. The Kier molecular flexibility index (Phi) is 5.92. The lowest BCUT2D eigenvalue weighted by Crippen LogP contribution is -2.50. The number of rotatable bonds is 4. The van der Waals surface area contributed by atoms with Crippen LogP contribution in [0, 0.1) is 34.5 Å². The molecule has 3 saturated carbocycles. The quantitative estimate of drug-likeness (QED) is 0.552. The Labute approximate surface area is 184 Å². The third-order valence-electron chi connectivity index (χ3n) is 9.75. The number of allylic oxidation sites excluding steroid dienone is 1. The van der Waals surface area contributed by atoms with Crippen LogP contribution in [0.25, 0.3) is 0 Å². The second kappa shape index (κ2) is 7.94. The van der Waals surface area contributed by atoms with Crippen LogP contribution in [0.1, 0.15) is 105 Å². The first-order valence-electron chi connectivity index (χ1n) is 12.7. The van der Waals surface area contributed by atoms with Crippen molar-refractivity contribution < 1.29 is 9.90 Å². The lowest BCUT2D eigenvalue weighted by atomic mass is 9.47. The number of nitrogens with one attached hydrogen (secondary N) is 1. The van der Waals surface area contributed by atoms with Crippen molar-refractivity contribution in [3.63, 3.8) is 0 Å². The molecule has 4 rings (SSSR count). The number of aliphatic hydroxyl groups is 1. The molecule has 0 spiro atoms. The number of carbonyl (C=O) groups is 1. The summed E-state index contributed by atoms with van der Waals surface area (Å²) in [6.07, 6.45) is 15.1. The van der Waals surface area contributed by atoms with E-state index in [0.717, 1.165) is 42.9 Å². The fourth-order valence-corrected chi connectivity index (χ4v) is 8.21. The number of carbonyl (C=O) groups excluding carboxylic acids is 1. The third kappa shape index (κ3) is 4.00. The molecule has 0 radical (unpaired) electrons. The molecule has 0 aliphatic heterocycles. The highest BCUT2D eigenvalue weighted by Crippen LogP contribution is 2.66. The Balaban J connectivity index is 1.40. The van der Waals surface area contributed by atoms with Crippen LogP contribution in [0.2, 0.25) is 0 Å². The van der Waals surface area contributed by atoms with E-state index in [2.05, 4.69) is 46.0 Å². The zero-order valence-electron chi connectivity index (χ0n) is 20.1. The summed E-state index contributed by atoms with van der Waals surface area (Å²) >= 11 is 0. The number of hydrogen-bond donors (Lipinski definition) is 2. The van der Waals surface area contributed by atoms with Gasteiger partial charge in [0.15, 0.2) is 0 Å². The molecule has 0 aromatic carbocycles.